The van der Waals surface area contributed by atoms with Crippen molar-refractivity contribution in [3.63, 3.8) is 0 Å². The van der Waals surface area contributed by atoms with Crippen molar-refractivity contribution in [1.29, 1.82) is 0 Å². The predicted molar refractivity (Wildman–Crippen MR) is 209 cm³/mol. The Kier molecular flexibility index (Phi) is 10.2. The van der Waals surface area contributed by atoms with Crippen molar-refractivity contribution in [1.82, 2.24) is 30.2 Å². The first-order valence-corrected chi connectivity index (χ1v) is 22.0. The van der Waals surface area contributed by atoms with Crippen LogP contribution in [0.4, 0.5) is 4.79 Å². The molecular weight excluding hydrogens is 753 g/mol. The summed E-state index contributed by atoms with van der Waals surface area (Å²) in [6.45, 7) is 7.32. The summed E-state index contributed by atoms with van der Waals surface area (Å²) in [7, 11) is -2.44. The maximum absolute atomic E-state index is 14.9. The van der Waals surface area contributed by atoms with Gasteiger partial charge in [0.25, 0.3) is 5.91 Å². The number of hydrogen-bond donors (Lipinski definition) is 3. The van der Waals surface area contributed by atoms with Crippen molar-refractivity contribution in [2.24, 2.45) is 17.8 Å². The van der Waals surface area contributed by atoms with Crippen molar-refractivity contribution in [2.75, 3.05) is 13.7 Å². The molecule has 4 aliphatic carbocycles. The molecule has 4 amide bonds. The zero-order valence-electron chi connectivity index (χ0n) is 33.0. The van der Waals surface area contributed by atoms with Gasteiger partial charge in [-0.1, -0.05) is 37.8 Å². The molecule has 308 valence electrons. The van der Waals surface area contributed by atoms with E-state index in [2.05, 4.69) is 21.9 Å². The van der Waals surface area contributed by atoms with Crippen LogP contribution >= 0.6 is 0 Å². The first kappa shape index (κ1) is 39.4. The number of ether oxygens (including phenoxy) is 3. The molecule has 6 aliphatic rings. The number of rotatable bonds is 8. The molecule has 4 saturated carbocycles. The molecule has 2 bridgehead atoms. The molecule has 0 radical (unpaired) electrons. The van der Waals surface area contributed by atoms with E-state index in [1.807, 2.05) is 19.1 Å². The second kappa shape index (κ2) is 14.7. The zero-order valence-corrected chi connectivity index (χ0v) is 33.8. The van der Waals surface area contributed by atoms with Gasteiger partial charge in [-0.25, -0.2) is 23.2 Å². The molecule has 7 atom stereocenters. The molecule has 8 rings (SSSR count). The SMILES string of the molecule is C=C[C@@H]1C[C@]1(NC(=O)[C@@H]1C[C@@H]2CN1C(=O)[C@H](C1CCCC1)NC(=O)O[C@@]1(C)C[C@@H]1CCCCCc1nc3cccc(OC)c3nc1O2)C(=O)NS(=O)(=O)C1(C)CC1. The maximum Gasteiger partial charge on any atom is 0.408 e. The predicted octanol–water partition coefficient (Wildman–Crippen LogP) is 4.23. The van der Waals surface area contributed by atoms with Gasteiger partial charge >= 0.3 is 6.09 Å². The fraction of sp³-hybridized carbons (Fsp3) is 0.659. The number of para-hydroxylation sites is 1. The monoisotopic (exact) mass is 806 g/mol. The Morgan fingerprint density at radius 3 is 2.51 bits per heavy atom. The number of alkyl carbamates (subject to hydrolysis) is 1. The van der Waals surface area contributed by atoms with E-state index in [1.165, 1.54) is 11.0 Å². The molecule has 15 nitrogen and oxygen atoms in total. The molecule has 1 saturated heterocycles. The number of sulfonamides is 1. The van der Waals surface area contributed by atoms with Gasteiger partial charge in [0.15, 0.2) is 0 Å². The quantitative estimate of drug-likeness (QED) is 0.323. The lowest BCUT2D eigenvalue weighted by Gasteiger charge is -2.32. The number of aromatic nitrogens is 2. The number of benzene rings is 1. The average molecular weight is 807 g/mol. The Balaban J connectivity index is 1.13. The largest absolute Gasteiger partial charge is 0.494 e. The highest BCUT2D eigenvalue weighted by atomic mass is 32.2. The van der Waals surface area contributed by atoms with Crippen LogP contribution in [0.5, 0.6) is 11.6 Å². The number of carbonyl (C=O) groups is 4. The van der Waals surface area contributed by atoms with Gasteiger partial charge in [-0.3, -0.25) is 19.1 Å². The summed E-state index contributed by atoms with van der Waals surface area (Å²) in [4.78, 5) is 68.0. The molecule has 1 aromatic heterocycles. The summed E-state index contributed by atoms with van der Waals surface area (Å²) >= 11 is 0. The van der Waals surface area contributed by atoms with E-state index in [4.69, 9.17) is 24.2 Å². The number of aryl methyl sites for hydroxylation is 1. The molecule has 5 fully saturated rings. The van der Waals surface area contributed by atoms with Gasteiger partial charge in [0.2, 0.25) is 27.7 Å². The minimum atomic E-state index is -4.00. The smallest absolute Gasteiger partial charge is 0.408 e. The molecule has 3 heterocycles. The summed E-state index contributed by atoms with van der Waals surface area (Å²) in [5.41, 5.74) is -0.345. The van der Waals surface area contributed by atoms with Crippen LogP contribution in [0.3, 0.4) is 0 Å². The average Bonchev–Trinajstić information content (AvgIpc) is 4.09. The van der Waals surface area contributed by atoms with E-state index in [-0.39, 0.29) is 31.2 Å². The molecule has 57 heavy (non-hydrogen) atoms. The number of hydrogen-bond acceptors (Lipinski definition) is 11. The van der Waals surface area contributed by atoms with Gasteiger partial charge in [-0.15, -0.1) is 6.58 Å². The van der Waals surface area contributed by atoms with E-state index in [9.17, 15) is 27.6 Å². The van der Waals surface area contributed by atoms with Crippen LogP contribution in [-0.4, -0.2) is 94.8 Å². The minimum Gasteiger partial charge on any atom is -0.494 e. The standard InChI is InChI=1S/C41H54N6O9S/c1-5-25-22-41(25,37(50)46-57(52,53)39(2)18-19-39)45-34(48)30-20-27-23-47(30)36(49)32(24-12-9-10-13-24)44-38(51)56-40(3)21-26(40)14-7-6-8-15-29-35(55-27)43-33-28(42-29)16-11-17-31(33)54-4/h5,11,16-17,24-27,30,32H,1,6-10,12-15,18-23H2,2-4H3,(H,44,51)(H,45,48)(H,46,50)/t25-,26+,27-,30+,32+,40+,41-/m1/s1. The first-order chi connectivity index (χ1) is 27.2. The van der Waals surface area contributed by atoms with Crippen LogP contribution in [-0.2, 0) is 35.6 Å². The summed E-state index contributed by atoms with van der Waals surface area (Å²) < 4.78 is 45.6. The normalized spacial score (nSPS) is 32.6. The topological polar surface area (TPSA) is 195 Å². The van der Waals surface area contributed by atoms with Crippen LogP contribution < -0.4 is 24.8 Å². The van der Waals surface area contributed by atoms with E-state index >= 15 is 0 Å². The van der Waals surface area contributed by atoms with Gasteiger partial charge in [0.05, 0.1) is 23.9 Å². The Labute approximate surface area is 333 Å². The van der Waals surface area contributed by atoms with Crippen LogP contribution in [0.1, 0.15) is 103 Å². The van der Waals surface area contributed by atoms with Gasteiger partial charge in [0.1, 0.15) is 46.3 Å². The summed E-state index contributed by atoms with van der Waals surface area (Å²) in [5.74, 6) is -1.58. The molecule has 0 spiro atoms. The van der Waals surface area contributed by atoms with E-state index in [0.29, 0.717) is 47.6 Å². The third-order valence-corrected chi connectivity index (χ3v) is 15.6. The van der Waals surface area contributed by atoms with Crippen LogP contribution in [0.15, 0.2) is 30.9 Å². The first-order valence-electron chi connectivity index (χ1n) is 20.5. The van der Waals surface area contributed by atoms with Crippen molar-refractivity contribution in [2.45, 2.75) is 138 Å². The fourth-order valence-electron chi connectivity index (χ4n) is 9.19. The number of nitrogens with zero attached hydrogens (tertiary/aromatic N) is 3. The lowest BCUT2D eigenvalue weighted by Crippen LogP contribution is -2.59. The third kappa shape index (κ3) is 7.53. The second-order valence-electron chi connectivity index (χ2n) is 17.5. The maximum atomic E-state index is 14.9. The van der Waals surface area contributed by atoms with Crippen LogP contribution in [0.2, 0.25) is 0 Å². The Morgan fingerprint density at radius 1 is 1.05 bits per heavy atom. The Hall–Kier alpha value is -4.47. The molecule has 3 N–H and O–H groups in total. The molecule has 2 aliphatic heterocycles. The molecule has 16 heteroatoms. The zero-order chi connectivity index (χ0) is 40.3. The summed E-state index contributed by atoms with van der Waals surface area (Å²) in [5, 5.41) is 5.78. The van der Waals surface area contributed by atoms with Crippen molar-refractivity contribution < 1.29 is 41.8 Å². The van der Waals surface area contributed by atoms with Gasteiger partial charge < -0.3 is 29.7 Å². The van der Waals surface area contributed by atoms with Crippen molar-refractivity contribution in [3.05, 3.63) is 36.5 Å². The summed E-state index contributed by atoms with van der Waals surface area (Å²) in [6.07, 6.45) is 9.36. The molecular formula is C41H54N6O9S. The highest BCUT2D eigenvalue weighted by Gasteiger charge is 2.63. The van der Waals surface area contributed by atoms with Gasteiger partial charge in [-0.2, -0.15) is 0 Å². The third-order valence-electron chi connectivity index (χ3n) is 13.5. The van der Waals surface area contributed by atoms with E-state index in [0.717, 1.165) is 57.8 Å². The number of amides is 4. The van der Waals surface area contributed by atoms with Gasteiger partial charge in [0, 0.05) is 18.3 Å². The number of fused-ring (bicyclic) bond motifs is 5. The number of carbonyl (C=O) groups excluding carboxylic acids is 4. The molecule has 1 aromatic carbocycles. The highest BCUT2D eigenvalue weighted by molar-refractivity contribution is 7.91. The van der Waals surface area contributed by atoms with Crippen molar-refractivity contribution >= 4 is 44.9 Å². The lowest BCUT2D eigenvalue weighted by molar-refractivity contribution is -0.142. The van der Waals surface area contributed by atoms with E-state index < -0.39 is 73.8 Å². The second-order valence-corrected chi connectivity index (χ2v) is 19.7. The van der Waals surface area contributed by atoms with Gasteiger partial charge in [-0.05, 0) is 89.7 Å². The molecule has 0 unspecified atom stereocenters. The number of methoxy groups -OCH3 is 1. The highest BCUT2D eigenvalue weighted by Crippen LogP contribution is 2.50. The number of nitrogens with one attached hydrogen (secondary N) is 3. The minimum absolute atomic E-state index is 0.0153. The van der Waals surface area contributed by atoms with E-state index in [1.54, 1.807) is 20.1 Å². The summed E-state index contributed by atoms with van der Waals surface area (Å²) in [6, 6.07) is 3.43. The Bertz CT molecular complexity index is 2090. The van der Waals surface area contributed by atoms with Crippen LogP contribution in [0, 0.1) is 17.8 Å². The lowest BCUT2D eigenvalue weighted by atomic mass is 9.96. The fourth-order valence-corrected chi connectivity index (χ4v) is 10.5. The van der Waals surface area contributed by atoms with Crippen molar-refractivity contribution in [3.8, 4) is 11.6 Å². The Morgan fingerprint density at radius 2 is 1.81 bits per heavy atom. The molecule has 2 aromatic rings. The van der Waals surface area contributed by atoms with Crippen LogP contribution in [0.25, 0.3) is 11.0 Å².